The monoisotopic (exact) mass is 445 g/mol. The summed E-state index contributed by atoms with van der Waals surface area (Å²) < 4.78 is 32.3. The fourth-order valence-electron chi connectivity index (χ4n) is 3.27. The zero-order valence-corrected chi connectivity index (χ0v) is 18.3. The van der Waals surface area contributed by atoms with E-state index >= 15 is 0 Å². The molecule has 0 unspecified atom stereocenters. The molecule has 1 saturated heterocycles. The van der Waals surface area contributed by atoms with E-state index in [1.165, 1.54) is 28.6 Å². The van der Waals surface area contributed by atoms with E-state index in [4.69, 9.17) is 4.74 Å². The second kappa shape index (κ2) is 10.4. The maximum atomic E-state index is 12.7. The van der Waals surface area contributed by atoms with Crippen LogP contribution < -0.4 is 15.4 Å². The number of rotatable bonds is 8. The second-order valence-electron chi connectivity index (χ2n) is 7.21. The number of anilines is 1. The van der Waals surface area contributed by atoms with Crippen LogP contribution in [0.15, 0.2) is 53.4 Å². The Morgan fingerprint density at radius 3 is 2.23 bits per heavy atom. The van der Waals surface area contributed by atoms with E-state index < -0.39 is 10.0 Å². The standard InChI is InChI=1S/C22H27N3O5S/c1-2-23-21(26)16-30-19-10-8-18(9-11-19)24-22(27)17-6-12-20(13-7-17)31(28,29)25-14-4-3-5-15-25/h6-13H,2-5,14-16H2,1H3,(H,23,26)(H,24,27). The number of likely N-dealkylation sites (N-methyl/N-ethyl adjacent to an activating group) is 1. The zero-order chi connectivity index (χ0) is 22.3. The minimum Gasteiger partial charge on any atom is -0.484 e. The van der Waals surface area contributed by atoms with Crippen molar-refractivity contribution in [1.82, 2.24) is 9.62 Å². The van der Waals surface area contributed by atoms with Crippen LogP contribution in [0, 0.1) is 0 Å². The minimum atomic E-state index is -3.52. The maximum absolute atomic E-state index is 12.7. The molecule has 8 nitrogen and oxygen atoms in total. The Kier molecular flexibility index (Phi) is 7.64. The molecule has 0 bridgehead atoms. The van der Waals surface area contributed by atoms with Crippen LogP contribution in [-0.2, 0) is 14.8 Å². The van der Waals surface area contributed by atoms with Crippen molar-refractivity contribution in [2.45, 2.75) is 31.1 Å². The van der Waals surface area contributed by atoms with Gasteiger partial charge < -0.3 is 15.4 Å². The summed E-state index contributed by atoms with van der Waals surface area (Å²) in [6.07, 6.45) is 2.79. The number of benzene rings is 2. The molecule has 2 N–H and O–H groups in total. The molecule has 166 valence electrons. The molecule has 0 atom stereocenters. The Bertz CT molecular complexity index is 998. The van der Waals surface area contributed by atoms with Crippen molar-refractivity contribution in [3.63, 3.8) is 0 Å². The number of carbonyl (C=O) groups is 2. The highest BCUT2D eigenvalue weighted by molar-refractivity contribution is 7.89. The van der Waals surface area contributed by atoms with Gasteiger partial charge in [-0.15, -0.1) is 0 Å². The third-order valence-electron chi connectivity index (χ3n) is 4.93. The van der Waals surface area contributed by atoms with E-state index in [0.29, 0.717) is 36.6 Å². The van der Waals surface area contributed by atoms with E-state index in [-0.39, 0.29) is 23.3 Å². The molecular weight excluding hydrogens is 418 g/mol. The zero-order valence-electron chi connectivity index (χ0n) is 17.5. The Labute approximate surface area is 182 Å². The van der Waals surface area contributed by atoms with Crippen LogP contribution in [0.2, 0.25) is 0 Å². The Morgan fingerprint density at radius 1 is 0.968 bits per heavy atom. The molecule has 0 spiro atoms. The lowest BCUT2D eigenvalue weighted by molar-refractivity contribution is -0.122. The Morgan fingerprint density at radius 2 is 1.61 bits per heavy atom. The molecule has 1 heterocycles. The van der Waals surface area contributed by atoms with Crippen LogP contribution in [0.25, 0.3) is 0 Å². The highest BCUT2D eigenvalue weighted by atomic mass is 32.2. The quantitative estimate of drug-likeness (QED) is 0.650. The first-order valence-corrected chi connectivity index (χ1v) is 11.8. The molecule has 0 radical (unpaired) electrons. The van der Waals surface area contributed by atoms with Crippen molar-refractivity contribution in [3.8, 4) is 5.75 Å². The van der Waals surface area contributed by atoms with Crippen LogP contribution in [0.5, 0.6) is 5.75 Å². The van der Waals surface area contributed by atoms with Crippen molar-refractivity contribution in [2.24, 2.45) is 0 Å². The summed E-state index contributed by atoms with van der Waals surface area (Å²) in [7, 11) is -3.52. The number of hydrogen-bond donors (Lipinski definition) is 2. The molecule has 0 aromatic heterocycles. The fourth-order valence-corrected chi connectivity index (χ4v) is 4.78. The van der Waals surface area contributed by atoms with Crippen molar-refractivity contribution < 1.29 is 22.7 Å². The van der Waals surface area contributed by atoms with E-state index in [9.17, 15) is 18.0 Å². The largest absolute Gasteiger partial charge is 0.484 e. The van der Waals surface area contributed by atoms with Gasteiger partial charge in [-0.3, -0.25) is 9.59 Å². The normalized spacial score (nSPS) is 14.6. The molecule has 2 aromatic rings. The molecule has 2 amide bonds. The predicted octanol–water partition coefficient (Wildman–Crippen LogP) is 2.63. The molecule has 0 aliphatic carbocycles. The lowest BCUT2D eigenvalue weighted by Gasteiger charge is -2.25. The van der Waals surface area contributed by atoms with E-state index in [0.717, 1.165) is 19.3 Å². The highest BCUT2D eigenvalue weighted by Crippen LogP contribution is 2.21. The van der Waals surface area contributed by atoms with Gasteiger partial charge in [0, 0.05) is 30.9 Å². The lowest BCUT2D eigenvalue weighted by Crippen LogP contribution is -2.35. The summed E-state index contributed by atoms with van der Waals surface area (Å²) in [6.45, 7) is 3.36. The van der Waals surface area contributed by atoms with Gasteiger partial charge in [0.05, 0.1) is 4.90 Å². The smallest absolute Gasteiger partial charge is 0.257 e. The van der Waals surface area contributed by atoms with Crippen molar-refractivity contribution in [1.29, 1.82) is 0 Å². The van der Waals surface area contributed by atoms with Crippen LogP contribution in [0.4, 0.5) is 5.69 Å². The first kappa shape index (κ1) is 22.8. The molecule has 3 rings (SSSR count). The number of piperidine rings is 1. The summed E-state index contributed by atoms with van der Waals surface area (Å²) in [5.41, 5.74) is 0.912. The average molecular weight is 446 g/mol. The number of sulfonamides is 1. The summed E-state index contributed by atoms with van der Waals surface area (Å²) in [4.78, 5) is 24.1. The van der Waals surface area contributed by atoms with Gasteiger partial charge in [0.2, 0.25) is 10.0 Å². The second-order valence-corrected chi connectivity index (χ2v) is 9.15. The first-order chi connectivity index (χ1) is 14.9. The summed E-state index contributed by atoms with van der Waals surface area (Å²) in [5.74, 6) is -0.0416. The van der Waals surface area contributed by atoms with Crippen LogP contribution in [-0.4, -0.2) is 50.8 Å². The molecule has 1 fully saturated rings. The lowest BCUT2D eigenvalue weighted by atomic mass is 10.2. The van der Waals surface area contributed by atoms with Gasteiger partial charge in [-0.2, -0.15) is 4.31 Å². The van der Waals surface area contributed by atoms with Crippen LogP contribution in [0.1, 0.15) is 36.5 Å². The summed E-state index contributed by atoms with van der Waals surface area (Å²) in [5, 5.41) is 5.40. The van der Waals surface area contributed by atoms with E-state index in [1.54, 1.807) is 24.3 Å². The number of amides is 2. The molecule has 1 aliphatic rings. The van der Waals surface area contributed by atoms with Crippen molar-refractivity contribution >= 4 is 27.5 Å². The van der Waals surface area contributed by atoms with E-state index in [2.05, 4.69) is 10.6 Å². The third kappa shape index (κ3) is 6.05. The SMILES string of the molecule is CCNC(=O)COc1ccc(NC(=O)c2ccc(S(=O)(=O)N3CCCCC3)cc2)cc1. The molecular formula is C22H27N3O5S. The molecule has 9 heteroatoms. The summed E-state index contributed by atoms with van der Waals surface area (Å²) in [6, 6.07) is 12.6. The first-order valence-electron chi connectivity index (χ1n) is 10.3. The molecule has 1 aliphatic heterocycles. The molecule has 0 saturated carbocycles. The third-order valence-corrected chi connectivity index (χ3v) is 6.84. The maximum Gasteiger partial charge on any atom is 0.257 e. The van der Waals surface area contributed by atoms with Crippen molar-refractivity contribution in [2.75, 3.05) is 31.6 Å². The van der Waals surface area contributed by atoms with Gasteiger partial charge in [-0.1, -0.05) is 6.42 Å². The molecule has 31 heavy (non-hydrogen) atoms. The van der Waals surface area contributed by atoms with Gasteiger partial charge in [0.15, 0.2) is 6.61 Å². The Hall–Kier alpha value is -2.91. The molecule has 2 aromatic carbocycles. The fraction of sp³-hybridized carbons (Fsp3) is 0.364. The van der Waals surface area contributed by atoms with Crippen LogP contribution >= 0.6 is 0 Å². The van der Waals surface area contributed by atoms with Crippen LogP contribution in [0.3, 0.4) is 0 Å². The summed E-state index contributed by atoms with van der Waals surface area (Å²) >= 11 is 0. The number of nitrogens with one attached hydrogen (secondary N) is 2. The van der Waals surface area contributed by atoms with Gasteiger partial charge in [-0.05, 0) is 68.3 Å². The number of ether oxygens (including phenoxy) is 1. The van der Waals surface area contributed by atoms with Gasteiger partial charge in [0.1, 0.15) is 5.75 Å². The van der Waals surface area contributed by atoms with Gasteiger partial charge in [-0.25, -0.2) is 8.42 Å². The predicted molar refractivity (Wildman–Crippen MR) is 118 cm³/mol. The topological polar surface area (TPSA) is 105 Å². The average Bonchev–Trinajstić information content (AvgIpc) is 2.79. The van der Waals surface area contributed by atoms with E-state index in [1.807, 2.05) is 6.92 Å². The number of carbonyl (C=O) groups excluding carboxylic acids is 2. The highest BCUT2D eigenvalue weighted by Gasteiger charge is 2.25. The van der Waals surface area contributed by atoms with Crippen molar-refractivity contribution in [3.05, 3.63) is 54.1 Å². The van der Waals surface area contributed by atoms with Gasteiger partial charge in [0.25, 0.3) is 11.8 Å². The minimum absolute atomic E-state index is 0.0772. The van der Waals surface area contributed by atoms with Gasteiger partial charge >= 0.3 is 0 Å². The number of nitrogens with zero attached hydrogens (tertiary/aromatic N) is 1. The Balaban J connectivity index is 1.58. The number of hydrogen-bond acceptors (Lipinski definition) is 5.